The number of likely N-dealkylation sites (tertiary alicyclic amines) is 1. The van der Waals surface area contributed by atoms with Gasteiger partial charge in [0.25, 0.3) is 0 Å². The third-order valence-electron chi connectivity index (χ3n) is 4.12. The molecule has 0 aliphatic carbocycles. The smallest absolute Gasteiger partial charge is 0.426 e. The number of hydrogen-bond donors (Lipinski definition) is 4. The van der Waals surface area contributed by atoms with Gasteiger partial charge in [0.1, 0.15) is 6.04 Å². The highest BCUT2D eigenvalue weighted by atomic mass is 16.4. The van der Waals surface area contributed by atoms with Gasteiger partial charge in [-0.1, -0.05) is 20.3 Å². The van der Waals surface area contributed by atoms with Gasteiger partial charge in [-0.05, 0) is 25.7 Å². The van der Waals surface area contributed by atoms with Crippen molar-refractivity contribution in [2.24, 2.45) is 11.7 Å². The maximum absolute atomic E-state index is 12.7. The fourth-order valence-corrected chi connectivity index (χ4v) is 2.52. The molecule has 1 heterocycles. The number of carbonyl (C=O) groups is 2. The van der Waals surface area contributed by atoms with Gasteiger partial charge in [0.15, 0.2) is 0 Å². The first-order valence-corrected chi connectivity index (χ1v) is 7.52. The SMILES string of the molecule is CC[C@H](C)[C@H](NC(=O)[C@H](C)N)C(=O)N1CCC[C@H]1B(O)O. The molecule has 21 heavy (non-hydrogen) atoms. The highest BCUT2D eigenvalue weighted by Gasteiger charge is 2.40. The van der Waals surface area contributed by atoms with Crippen LogP contribution in [0.5, 0.6) is 0 Å². The Morgan fingerprint density at radius 2 is 2.05 bits per heavy atom. The molecule has 1 aliphatic heterocycles. The molecule has 7 nitrogen and oxygen atoms in total. The van der Waals surface area contributed by atoms with Crippen LogP contribution in [0, 0.1) is 5.92 Å². The van der Waals surface area contributed by atoms with E-state index >= 15 is 0 Å². The highest BCUT2D eigenvalue weighted by Crippen LogP contribution is 2.21. The minimum Gasteiger partial charge on any atom is -0.426 e. The Balaban J connectivity index is 2.87. The summed E-state index contributed by atoms with van der Waals surface area (Å²) in [7, 11) is -1.56. The number of nitrogens with zero attached hydrogens (tertiary/aromatic N) is 1. The van der Waals surface area contributed by atoms with E-state index in [4.69, 9.17) is 5.73 Å². The molecule has 0 aromatic rings. The summed E-state index contributed by atoms with van der Waals surface area (Å²) in [6, 6.07) is -1.38. The van der Waals surface area contributed by atoms with Gasteiger partial charge in [-0.15, -0.1) is 0 Å². The molecule has 120 valence electrons. The zero-order valence-corrected chi connectivity index (χ0v) is 13.0. The molecular weight excluding hydrogens is 273 g/mol. The molecule has 0 bridgehead atoms. The van der Waals surface area contributed by atoms with Gasteiger partial charge in [0.05, 0.1) is 12.0 Å². The summed E-state index contributed by atoms with van der Waals surface area (Å²) in [5, 5.41) is 21.4. The number of hydrogen-bond acceptors (Lipinski definition) is 5. The largest absolute Gasteiger partial charge is 0.475 e. The average molecular weight is 299 g/mol. The standard InChI is InChI=1S/C13H26BN3O4/c1-4-8(2)11(16-12(18)9(3)15)13(19)17-7-5-6-10(17)14(20)21/h8-11,20-21H,4-7,15H2,1-3H3,(H,16,18)/t8-,9-,10-,11-/m0/s1. The van der Waals surface area contributed by atoms with Crippen molar-refractivity contribution in [3.8, 4) is 0 Å². The molecule has 0 spiro atoms. The second-order valence-corrected chi connectivity index (χ2v) is 5.82. The van der Waals surface area contributed by atoms with Crippen molar-refractivity contribution < 1.29 is 19.6 Å². The predicted octanol–water partition coefficient (Wildman–Crippen LogP) is -1.13. The van der Waals surface area contributed by atoms with Crippen molar-refractivity contribution in [3.05, 3.63) is 0 Å². The van der Waals surface area contributed by atoms with E-state index in [9.17, 15) is 19.6 Å². The van der Waals surface area contributed by atoms with E-state index in [1.165, 1.54) is 4.90 Å². The fraction of sp³-hybridized carbons (Fsp3) is 0.846. The summed E-state index contributed by atoms with van der Waals surface area (Å²) in [5.41, 5.74) is 5.54. The van der Waals surface area contributed by atoms with Crippen LogP contribution in [0.15, 0.2) is 0 Å². The monoisotopic (exact) mass is 299 g/mol. The van der Waals surface area contributed by atoms with Crippen LogP contribution in [-0.4, -0.2) is 58.5 Å². The van der Waals surface area contributed by atoms with Crippen molar-refractivity contribution in [3.63, 3.8) is 0 Å². The Morgan fingerprint density at radius 1 is 1.43 bits per heavy atom. The van der Waals surface area contributed by atoms with Crippen molar-refractivity contribution >= 4 is 18.9 Å². The Kier molecular flexibility index (Phi) is 6.63. The van der Waals surface area contributed by atoms with Gasteiger partial charge in [-0.25, -0.2) is 0 Å². The summed E-state index contributed by atoms with van der Waals surface area (Å²) in [5.74, 6) is -1.31. The molecule has 1 saturated heterocycles. The molecule has 0 unspecified atom stereocenters. The second kappa shape index (κ2) is 7.77. The first-order valence-electron chi connectivity index (χ1n) is 7.52. The molecule has 0 aromatic carbocycles. The van der Waals surface area contributed by atoms with Crippen LogP contribution in [0.2, 0.25) is 0 Å². The summed E-state index contributed by atoms with van der Waals surface area (Å²) in [4.78, 5) is 25.9. The molecule has 0 radical (unpaired) electrons. The third kappa shape index (κ3) is 4.42. The molecule has 4 atom stereocenters. The topological polar surface area (TPSA) is 116 Å². The molecule has 0 saturated carbocycles. The van der Waals surface area contributed by atoms with Gasteiger partial charge in [-0.2, -0.15) is 0 Å². The highest BCUT2D eigenvalue weighted by molar-refractivity contribution is 6.43. The lowest BCUT2D eigenvalue weighted by Gasteiger charge is -2.32. The van der Waals surface area contributed by atoms with Crippen molar-refractivity contribution in [2.75, 3.05) is 6.54 Å². The number of amides is 2. The Labute approximate surface area is 126 Å². The molecule has 5 N–H and O–H groups in total. The summed E-state index contributed by atoms with van der Waals surface area (Å²) in [6.45, 7) is 5.85. The molecule has 1 aliphatic rings. The van der Waals surface area contributed by atoms with Crippen LogP contribution >= 0.6 is 0 Å². The summed E-state index contributed by atoms with van der Waals surface area (Å²) >= 11 is 0. The van der Waals surface area contributed by atoms with Crippen molar-refractivity contribution in [1.29, 1.82) is 0 Å². The third-order valence-corrected chi connectivity index (χ3v) is 4.12. The van der Waals surface area contributed by atoms with Crippen molar-refractivity contribution in [1.82, 2.24) is 10.2 Å². The van der Waals surface area contributed by atoms with Gasteiger partial charge < -0.3 is 26.0 Å². The summed E-state index contributed by atoms with van der Waals surface area (Å²) in [6.07, 6.45) is 2.00. The first-order chi connectivity index (χ1) is 9.79. The molecule has 1 fully saturated rings. The van der Waals surface area contributed by atoms with E-state index in [-0.39, 0.29) is 17.7 Å². The van der Waals surface area contributed by atoms with Crippen LogP contribution in [-0.2, 0) is 9.59 Å². The van der Waals surface area contributed by atoms with Gasteiger partial charge in [-0.3, -0.25) is 9.59 Å². The average Bonchev–Trinajstić information content (AvgIpc) is 2.92. The maximum Gasteiger partial charge on any atom is 0.475 e. The van der Waals surface area contributed by atoms with E-state index in [0.717, 1.165) is 12.8 Å². The molecule has 8 heteroatoms. The van der Waals surface area contributed by atoms with E-state index in [2.05, 4.69) is 5.32 Å². The van der Waals surface area contributed by atoms with Gasteiger partial charge in [0.2, 0.25) is 11.8 Å². The van der Waals surface area contributed by atoms with E-state index in [1.54, 1.807) is 6.92 Å². The van der Waals surface area contributed by atoms with Crippen LogP contribution in [0.3, 0.4) is 0 Å². The predicted molar refractivity (Wildman–Crippen MR) is 80.0 cm³/mol. The quantitative estimate of drug-likeness (QED) is 0.463. The number of nitrogens with one attached hydrogen (secondary N) is 1. The van der Waals surface area contributed by atoms with Crippen LogP contribution < -0.4 is 11.1 Å². The lowest BCUT2D eigenvalue weighted by Crippen LogP contribution is -2.57. The second-order valence-electron chi connectivity index (χ2n) is 5.82. The normalized spacial score (nSPS) is 22.6. The maximum atomic E-state index is 12.7. The zero-order valence-electron chi connectivity index (χ0n) is 13.0. The van der Waals surface area contributed by atoms with Gasteiger partial charge in [0, 0.05) is 6.54 Å². The first kappa shape index (κ1) is 17.9. The van der Waals surface area contributed by atoms with Crippen LogP contribution in [0.25, 0.3) is 0 Å². The number of nitrogens with two attached hydrogens (primary N) is 1. The fourth-order valence-electron chi connectivity index (χ4n) is 2.52. The van der Waals surface area contributed by atoms with Gasteiger partial charge >= 0.3 is 7.12 Å². The summed E-state index contributed by atoms with van der Waals surface area (Å²) < 4.78 is 0. The van der Waals surface area contributed by atoms with Crippen molar-refractivity contribution in [2.45, 2.75) is 58.1 Å². The van der Waals surface area contributed by atoms with E-state index < -0.39 is 25.1 Å². The van der Waals surface area contributed by atoms with E-state index in [1.807, 2.05) is 13.8 Å². The zero-order chi connectivity index (χ0) is 16.2. The Morgan fingerprint density at radius 3 is 2.52 bits per heavy atom. The lowest BCUT2D eigenvalue weighted by atomic mass is 9.77. The lowest BCUT2D eigenvalue weighted by molar-refractivity contribution is -0.138. The molecular formula is C13H26BN3O4. The number of rotatable bonds is 6. The molecule has 0 aromatic heterocycles. The minimum absolute atomic E-state index is 0.0581. The van der Waals surface area contributed by atoms with Crippen LogP contribution in [0.4, 0.5) is 0 Å². The Hall–Kier alpha value is -1.12. The minimum atomic E-state index is -1.56. The number of carbonyl (C=O) groups excluding carboxylic acids is 2. The van der Waals surface area contributed by atoms with Crippen LogP contribution in [0.1, 0.15) is 40.0 Å². The Bertz CT molecular complexity index is 378. The molecule has 2 amide bonds. The molecule has 1 rings (SSSR count). The van der Waals surface area contributed by atoms with E-state index in [0.29, 0.717) is 13.0 Å².